The first-order valence-electron chi connectivity index (χ1n) is 4.74. The highest BCUT2D eigenvalue weighted by atomic mass is 79.9. The van der Waals surface area contributed by atoms with E-state index >= 15 is 0 Å². The Hall–Kier alpha value is -1.10. The maximum absolute atomic E-state index is 10.7. The summed E-state index contributed by atoms with van der Waals surface area (Å²) >= 11 is 3.31. The first-order chi connectivity index (χ1) is 7.06. The van der Waals surface area contributed by atoms with Crippen LogP contribution >= 0.6 is 15.9 Å². The third-order valence-electron chi connectivity index (χ3n) is 2.05. The van der Waals surface area contributed by atoms with Crippen LogP contribution in [0.2, 0.25) is 0 Å². The zero-order chi connectivity index (χ0) is 11.4. The maximum atomic E-state index is 10.7. The topological polar surface area (TPSA) is 55.2 Å². The minimum absolute atomic E-state index is 0.143. The molecule has 1 N–H and O–H groups in total. The SMILES string of the molecule is CCCNc1cc(C)c([N+](=O)[O-])cc1Br. The molecule has 82 valence electrons. The van der Waals surface area contributed by atoms with Crippen molar-refractivity contribution in [2.24, 2.45) is 0 Å². The summed E-state index contributed by atoms with van der Waals surface area (Å²) in [5, 5.41) is 13.9. The summed E-state index contributed by atoms with van der Waals surface area (Å²) in [7, 11) is 0. The highest BCUT2D eigenvalue weighted by molar-refractivity contribution is 9.10. The lowest BCUT2D eigenvalue weighted by atomic mass is 10.2. The molecule has 0 spiro atoms. The molecule has 15 heavy (non-hydrogen) atoms. The second kappa shape index (κ2) is 5.11. The first kappa shape index (κ1) is 12.0. The van der Waals surface area contributed by atoms with Crippen LogP contribution in [-0.4, -0.2) is 11.5 Å². The van der Waals surface area contributed by atoms with Gasteiger partial charge in [-0.2, -0.15) is 0 Å². The predicted octanol–water partition coefficient (Wildman–Crippen LogP) is 3.49. The Morgan fingerprint density at radius 3 is 2.73 bits per heavy atom. The van der Waals surface area contributed by atoms with Gasteiger partial charge in [-0.3, -0.25) is 10.1 Å². The van der Waals surface area contributed by atoms with Gasteiger partial charge in [0.2, 0.25) is 0 Å². The molecule has 1 aromatic carbocycles. The third kappa shape index (κ3) is 2.92. The van der Waals surface area contributed by atoms with E-state index in [1.54, 1.807) is 13.0 Å². The molecule has 0 saturated heterocycles. The number of halogens is 1. The van der Waals surface area contributed by atoms with E-state index in [9.17, 15) is 10.1 Å². The van der Waals surface area contributed by atoms with Crippen molar-refractivity contribution in [3.05, 3.63) is 32.3 Å². The molecule has 5 heteroatoms. The Morgan fingerprint density at radius 1 is 1.53 bits per heavy atom. The molecule has 0 aliphatic rings. The highest BCUT2D eigenvalue weighted by Crippen LogP contribution is 2.30. The molecule has 0 aliphatic carbocycles. The van der Waals surface area contributed by atoms with Crippen LogP contribution in [0.1, 0.15) is 18.9 Å². The Labute approximate surface area is 97.0 Å². The van der Waals surface area contributed by atoms with Crippen LogP contribution in [0.5, 0.6) is 0 Å². The number of benzene rings is 1. The van der Waals surface area contributed by atoms with Gasteiger partial charge in [-0.15, -0.1) is 0 Å². The fourth-order valence-electron chi connectivity index (χ4n) is 1.26. The largest absolute Gasteiger partial charge is 0.384 e. The van der Waals surface area contributed by atoms with Gasteiger partial charge in [-0.1, -0.05) is 6.92 Å². The second-order valence-corrected chi connectivity index (χ2v) is 4.16. The lowest BCUT2D eigenvalue weighted by Gasteiger charge is -2.08. The Balaban J connectivity index is 3.02. The summed E-state index contributed by atoms with van der Waals surface area (Å²) in [4.78, 5) is 10.3. The normalized spacial score (nSPS) is 10.1. The molecular weight excluding hydrogens is 260 g/mol. The van der Waals surface area contributed by atoms with Crippen molar-refractivity contribution in [2.75, 3.05) is 11.9 Å². The predicted molar refractivity (Wildman–Crippen MR) is 64.3 cm³/mol. The second-order valence-electron chi connectivity index (χ2n) is 3.30. The average Bonchev–Trinajstić information content (AvgIpc) is 2.18. The molecule has 0 saturated carbocycles. The molecule has 0 aliphatic heterocycles. The number of nitro groups is 1. The molecule has 0 unspecified atom stereocenters. The van der Waals surface area contributed by atoms with Crippen molar-refractivity contribution in [3.63, 3.8) is 0 Å². The molecule has 0 heterocycles. The molecule has 0 atom stereocenters. The van der Waals surface area contributed by atoms with Crippen molar-refractivity contribution < 1.29 is 4.92 Å². The van der Waals surface area contributed by atoms with Gasteiger partial charge < -0.3 is 5.32 Å². The summed E-state index contributed by atoms with van der Waals surface area (Å²) in [6.45, 7) is 4.66. The van der Waals surface area contributed by atoms with Crippen LogP contribution < -0.4 is 5.32 Å². The Kier molecular flexibility index (Phi) is 4.08. The van der Waals surface area contributed by atoms with E-state index in [0.717, 1.165) is 23.1 Å². The quantitative estimate of drug-likeness (QED) is 0.674. The standard InChI is InChI=1S/C10H13BrN2O2/c1-3-4-12-9-5-7(2)10(13(14)15)6-8(9)11/h5-6,12H,3-4H2,1-2H3. The van der Waals surface area contributed by atoms with E-state index in [1.807, 2.05) is 0 Å². The van der Waals surface area contributed by atoms with Gasteiger partial charge in [0.1, 0.15) is 0 Å². The van der Waals surface area contributed by atoms with Gasteiger partial charge in [-0.25, -0.2) is 0 Å². The van der Waals surface area contributed by atoms with E-state index < -0.39 is 0 Å². The van der Waals surface area contributed by atoms with Gasteiger partial charge in [0.25, 0.3) is 5.69 Å². The number of anilines is 1. The lowest BCUT2D eigenvalue weighted by molar-refractivity contribution is -0.385. The van der Waals surface area contributed by atoms with Crippen LogP contribution in [0.15, 0.2) is 16.6 Å². The lowest BCUT2D eigenvalue weighted by Crippen LogP contribution is -2.02. The van der Waals surface area contributed by atoms with Crippen LogP contribution in [0, 0.1) is 17.0 Å². The molecule has 0 amide bonds. The van der Waals surface area contributed by atoms with E-state index in [0.29, 0.717) is 5.56 Å². The van der Waals surface area contributed by atoms with Crippen molar-refractivity contribution in [3.8, 4) is 0 Å². The van der Waals surface area contributed by atoms with Crippen LogP contribution in [0.4, 0.5) is 11.4 Å². The number of nitrogens with zero attached hydrogens (tertiary/aromatic N) is 1. The molecule has 1 rings (SSSR count). The van der Waals surface area contributed by atoms with Gasteiger partial charge in [0, 0.05) is 28.3 Å². The Morgan fingerprint density at radius 2 is 2.20 bits per heavy atom. The molecule has 0 radical (unpaired) electrons. The van der Waals surface area contributed by atoms with Gasteiger partial charge in [-0.05, 0) is 35.3 Å². The average molecular weight is 273 g/mol. The van der Waals surface area contributed by atoms with Crippen LogP contribution in [0.3, 0.4) is 0 Å². The van der Waals surface area contributed by atoms with Crippen molar-refractivity contribution >= 4 is 27.3 Å². The smallest absolute Gasteiger partial charge is 0.273 e. The zero-order valence-corrected chi connectivity index (χ0v) is 10.3. The number of hydrogen-bond acceptors (Lipinski definition) is 3. The van der Waals surface area contributed by atoms with E-state index in [4.69, 9.17) is 0 Å². The fraction of sp³-hybridized carbons (Fsp3) is 0.400. The summed E-state index contributed by atoms with van der Waals surface area (Å²) in [6.07, 6.45) is 1.02. The fourth-order valence-corrected chi connectivity index (χ4v) is 1.73. The van der Waals surface area contributed by atoms with Crippen molar-refractivity contribution in [1.29, 1.82) is 0 Å². The summed E-state index contributed by atoms with van der Waals surface area (Å²) < 4.78 is 0.730. The highest BCUT2D eigenvalue weighted by Gasteiger charge is 2.13. The first-order valence-corrected chi connectivity index (χ1v) is 5.54. The minimum Gasteiger partial charge on any atom is -0.384 e. The zero-order valence-electron chi connectivity index (χ0n) is 8.71. The van der Waals surface area contributed by atoms with Crippen LogP contribution in [0.25, 0.3) is 0 Å². The number of nitrogens with one attached hydrogen (secondary N) is 1. The molecule has 0 bridgehead atoms. The monoisotopic (exact) mass is 272 g/mol. The molecule has 4 nitrogen and oxygen atoms in total. The number of nitro benzene ring substituents is 1. The molecule has 1 aromatic rings. The van der Waals surface area contributed by atoms with Gasteiger partial charge >= 0.3 is 0 Å². The number of hydrogen-bond donors (Lipinski definition) is 1. The van der Waals surface area contributed by atoms with Crippen molar-refractivity contribution in [2.45, 2.75) is 20.3 Å². The summed E-state index contributed by atoms with van der Waals surface area (Å²) in [6, 6.07) is 3.32. The number of rotatable bonds is 4. The van der Waals surface area contributed by atoms with E-state index in [2.05, 4.69) is 28.2 Å². The third-order valence-corrected chi connectivity index (χ3v) is 2.70. The molecule has 0 fully saturated rings. The van der Waals surface area contributed by atoms with E-state index in [1.165, 1.54) is 6.07 Å². The molecular formula is C10H13BrN2O2. The number of aryl methyl sites for hydroxylation is 1. The van der Waals surface area contributed by atoms with Gasteiger partial charge in [0.05, 0.1) is 4.92 Å². The summed E-state index contributed by atoms with van der Waals surface area (Å²) in [5.74, 6) is 0. The Bertz CT molecular complexity index is 380. The van der Waals surface area contributed by atoms with Crippen molar-refractivity contribution in [1.82, 2.24) is 0 Å². The maximum Gasteiger partial charge on any atom is 0.273 e. The van der Waals surface area contributed by atoms with Gasteiger partial charge in [0.15, 0.2) is 0 Å². The minimum atomic E-state index is -0.371. The summed E-state index contributed by atoms with van der Waals surface area (Å²) in [5.41, 5.74) is 1.71. The molecule has 0 aromatic heterocycles. The van der Waals surface area contributed by atoms with E-state index in [-0.39, 0.29) is 10.6 Å². The van der Waals surface area contributed by atoms with Crippen LogP contribution in [-0.2, 0) is 0 Å².